The van der Waals surface area contributed by atoms with Crippen LogP contribution in [0.2, 0.25) is 0 Å². The monoisotopic (exact) mass is 373 g/mol. The van der Waals surface area contributed by atoms with Crippen molar-refractivity contribution < 1.29 is 18.7 Å². The number of benzene rings is 1. The zero-order chi connectivity index (χ0) is 17.4. The second kappa shape index (κ2) is 10.9. The third-order valence-electron chi connectivity index (χ3n) is 3.98. The van der Waals surface area contributed by atoms with Crippen LogP contribution in [-0.2, 0) is 9.59 Å². The number of halogens is 2. The topological polar surface area (TPSA) is 61.9 Å². The van der Waals surface area contributed by atoms with E-state index in [1.807, 2.05) is 7.05 Å². The first-order chi connectivity index (χ1) is 11.6. The second-order valence-corrected chi connectivity index (χ2v) is 5.71. The van der Waals surface area contributed by atoms with Gasteiger partial charge >= 0.3 is 0 Å². The summed E-state index contributed by atoms with van der Waals surface area (Å²) in [5, 5.41) is 3.02. The molecule has 1 aliphatic heterocycles. The van der Waals surface area contributed by atoms with Gasteiger partial charge in [0.05, 0.1) is 0 Å². The number of nitrogens with zero attached hydrogens (tertiary/aromatic N) is 2. The Labute approximate surface area is 153 Å². The summed E-state index contributed by atoms with van der Waals surface area (Å²) in [6, 6.07) is 5.56. The van der Waals surface area contributed by atoms with Crippen LogP contribution in [0.15, 0.2) is 24.3 Å². The van der Waals surface area contributed by atoms with Crippen molar-refractivity contribution in [3.63, 3.8) is 0 Å². The molecule has 0 radical (unpaired) electrons. The third kappa shape index (κ3) is 6.88. The van der Waals surface area contributed by atoms with Gasteiger partial charge in [0.25, 0.3) is 5.91 Å². The van der Waals surface area contributed by atoms with Gasteiger partial charge in [-0.1, -0.05) is 0 Å². The minimum absolute atomic E-state index is 0. The highest BCUT2D eigenvalue weighted by Gasteiger charge is 2.23. The summed E-state index contributed by atoms with van der Waals surface area (Å²) in [7, 11) is 1.86. The van der Waals surface area contributed by atoms with Gasteiger partial charge in [0.15, 0.2) is 6.61 Å². The molecular formula is C17H25ClFN3O3. The molecule has 1 N–H and O–H groups in total. The van der Waals surface area contributed by atoms with Crippen LogP contribution in [0.1, 0.15) is 12.8 Å². The smallest absolute Gasteiger partial charge is 0.260 e. The number of ether oxygens (including phenoxy) is 1. The lowest BCUT2D eigenvalue weighted by atomic mass is 10.2. The van der Waals surface area contributed by atoms with Gasteiger partial charge in [-0.25, -0.2) is 4.39 Å². The summed E-state index contributed by atoms with van der Waals surface area (Å²) >= 11 is 0. The van der Waals surface area contributed by atoms with Crippen molar-refractivity contribution in [3.05, 3.63) is 30.1 Å². The van der Waals surface area contributed by atoms with Crippen molar-refractivity contribution in [1.82, 2.24) is 15.1 Å². The fourth-order valence-electron chi connectivity index (χ4n) is 2.55. The number of piperazine rings is 1. The van der Waals surface area contributed by atoms with Gasteiger partial charge in [-0.15, -0.1) is 12.4 Å². The molecule has 25 heavy (non-hydrogen) atoms. The maximum Gasteiger partial charge on any atom is 0.260 e. The zero-order valence-electron chi connectivity index (χ0n) is 14.4. The lowest BCUT2D eigenvalue weighted by Crippen LogP contribution is -2.51. The molecule has 2 rings (SSSR count). The molecular weight excluding hydrogens is 349 g/mol. The summed E-state index contributed by atoms with van der Waals surface area (Å²) in [4.78, 5) is 27.7. The summed E-state index contributed by atoms with van der Waals surface area (Å²) < 4.78 is 18.2. The molecule has 0 spiro atoms. The highest BCUT2D eigenvalue weighted by atomic mass is 35.5. The number of amides is 2. The van der Waals surface area contributed by atoms with Crippen LogP contribution < -0.4 is 10.1 Å². The first-order valence-electron chi connectivity index (χ1n) is 8.18. The van der Waals surface area contributed by atoms with E-state index in [4.69, 9.17) is 4.74 Å². The maximum atomic E-state index is 12.8. The van der Waals surface area contributed by atoms with Crippen LogP contribution in [0.25, 0.3) is 0 Å². The van der Waals surface area contributed by atoms with Crippen molar-refractivity contribution in [3.8, 4) is 5.75 Å². The van der Waals surface area contributed by atoms with E-state index >= 15 is 0 Å². The van der Waals surface area contributed by atoms with Gasteiger partial charge < -0.3 is 19.9 Å². The third-order valence-corrected chi connectivity index (χ3v) is 3.98. The second-order valence-electron chi connectivity index (χ2n) is 5.71. The van der Waals surface area contributed by atoms with Crippen molar-refractivity contribution >= 4 is 24.2 Å². The van der Waals surface area contributed by atoms with Gasteiger partial charge in [0.1, 0.15) is 11.6 Å². The first kappa shape index (κ1) is 21.2. The Hall–Kier alpha value is -1.86. The predicted octanol–water partition coefficient (Wildman–Crippen LogP) is 1.30. The van der Waals surface area contributed by atoms with E-state index in [0.29, 0.717) is 38.3 Å². The molecule has 0 unspecified atom stereocenters. The minimum Gasteiger partial charge on any atom is -0.484 e. The molecule has 1 aromatic rings. The molecule has 2 amide bonds. The SMILES string of the molecule is CNCCCC(=O)N1CCN(C(=O)COc2ccc(F)cc2)CC1.Cl. The lowest BCUT2D eigenvalue weighted by molar-refractivity contribution is -0.140. The number of hydrogen-bond acceptors (Lipinski definition) is 4. The van der Waals surface area contributed by atoms with E-state index in [9.17, 15) is 14.0 Å². The van der Waals surface area contributed by atoms with Crippen LogP contribution in [0.5, 0.6) is 5.75 Å². The first-order valence-corrected chi connectivity index (χ1v) is 8.18. The highest BCUT2D eigenvalue weighted by molar-refractivity contribution is 5.85. The van der Waals surface area contributed by atoms with E-state index in [-0.39, 0.29) is 36.6 Å². The Morgan fingerprint density at radius 3 is 2.20 bits per heavy atom. The van der Waals surface area contributed by atoms with Crippen LogP contribution >= 0.6 is 12.4 Å². The summed E-state index contributed by atoms with van der Waals surface area (Å²) in [5.41, 5.74) is 0. The van der Waals surface area contributed by atoms with Gasteiger partial charge in [0, 0.05) is 32.6 Å². The molecule has 8 heteroatoms. The standard InChI is InChI=1S/C17H24FN3O3.ClH/c1-19-8-2-3-16(22)20-9-11-21(12-10-20)17(23)13-24-15-6-4-14(18)5-7-15;/h4-7,19H,2-3,8-13H2,1H3;1H. The lowest BCUT2D eigenvalue weighted by Gasteiger charge is -2.34. The van der Waals surface area contributed by atoms with Crippen LogP contribution in [-0.4, -0.2) is 68.0 Å². The Morgan fingerprint density at radius 2 is 1.64 bits per heavy atom. The van der Waals surface area contributed by atoms with Crippen molar-refractivity contribution in [2.45, 2.75) is 12.8 Å². The summed E-state index contributed by atoms with van der Waals surface area (Å²) in [5.74, 6) is 0.133. The molecule has 1 aromatic carbocycles. The minimum atomic E-state index is -0.343. The molecule has 1 aliphatic rings. The van der Waals surface area contributed by atoms with Crippen molar-refractivity contribution in [2.75, 3.05) is 46.4 Å². The molecule has 0 aromatic heterocycles. The van der Waals surface area contributed by atoms with E-state index in [2.05, 4.69) is 5.32 Å². The molecule has 0 saturated carbocycles. The average Bonchev–Trinajstić information content (AvgIpc) is 2.61. The number of hydrogen-bond donors (Lipinski definition) is 1. The number of carbonyl (C=O) groups excluding carboxylic acids is 2. The quantitative estimate of drug-likeness (QED) is 0.732. The number of nitrogens with one attached hydrogen (secondary N) is 1. The van der Waals surface area contributed by atoms with Crippen LogP contribution in [0.3, 0.4) is 0 Å². The predicted molar refractivity (Wildman–Crippen MR) is 95.5 cm³/mol. The van der Waals surface area contributed by atoms with Crippen molar-refractivity contribution in [1.29, 1.82) is 0 Å². The van der Waals surface area contributed by atoms with Crippen LogP contribution in [0.4, 0.5) is 4.39 Å². The summed E-state index contributed by atoms with van der Waals surface area (Å²) in [6.45, 7) is 2.89. The molecule has 140 valence electrons. The molecule has 6 nitrogen and oxygen atoms in total. The summed E-state index contributed by atoms with van der Waals surface area (Å²) in [6.07, 6.45) is 1.35. The highest BCUT2D eigenvalue weighted by Crippen LogP contribution is 2.12. The van der Waals surface area contributed by atoms with Gasteiger partial charge in [0.2, 0.25) is 5.91 Å². The number of rotatable bonds is 7. The van der Waals surface area contributed by atoms with E-state index in [1.54, 1.807) is 9.80 Å². The molecule has 0 atom stereocenters. The fraction of sp³-hybridized carbons (Fsp3) is 0.529. The Balaban J connectivity index is 0.00000312. The number of carbonyl (C=O) groups is 2. The maximum absolute atomic E-state index is 12.8. The Bertz CT molecular complexity index is 549. The molecule has 0 aliphatic carbocycles. The average molecular weight is 374 g/mol. The van der Waals surface area contributed by atoms with Crippen molar-refractivity contribution in [2.24, 2.45) is 0 Å². The van der Waals surface area contributed by atoms with Crippen LogP contribution in [0, 0.1) is 5.82 Å². The zero-order valence-corrected chi connectivity index (χ0v) is 15.2. The Kier molecular flexibility index (Phi) is 9.23. The van der Waals surface area contributed by atoms with Gasteiger partial charge in [-0.05, 0) is 44.3 Å². The molecule has 1 fully saturated rings. The van der Waals surface area contributed by atoms with E-state index in [1.165, 1.54) is 24.3 Å². The molecule has 0 bridgehead atoms. The molecule has 1 heterocycles. The fourth-order valence-corrected chi connectivity index (χ4v) is 2.55. The van der Waals surface area contributed by atoms with E-state index in [0.717, 1.165) is 13.0 Å². The Morgan fingerprint density at radius 1 is 1.08 bits per heavy atom. The molecule has 1 saturated heterocycles. The normalized spacial score (nSPS) is 14.0. The van der Waals surface area contributed by atoms with E-state index < -0.39 is 0 Å². The van der Waals surface area contributed by atoms with Gasteiger partial charge in [-0.3, -0.25) is 9.59 Å². The van der Waals surface area contributed by atoms with Gasteiger partial charge in [-0.2, -0.15) is 0 Å². The largest absolute Gasteiger partial charge is 0.484 e.